The summed E-state index contributed by atoms with van der Waals surface area (Å²) in [7, 11) is 3.98. The van der Waals surface area contributed by atoms with Gasteiger partial charge in [0.05, 0.1) is 29.0 Å². The van der Waals surface area contributed by atoms with Gasteiger partial charge in [0.1, 0.15) is 5.75 Å². The SMILES string of the molecule is COC1CN(CCCCOc2ccc(Cl)cc2)CCC1N(C)c1nc2ccccc2s1. The van der Waals surface area contributed by atoms with Crippen molar-refractivity contribution in [3.63, 3.8) is 0 Å². The Balaban J connectivity index is 1.24. The van der Waals surface area contributed by atoms with Crippen molar-refractivity contribution >= 4 is 38.3 Å². The summed E-state index contributed by atoms with van der Waals surface area (Å²) < 4.78 is 12.9. The molecule has 1 aromatic heterocycles. The second kappa shape index (κ2) is 10.6. The first-order valence-electron chi connectivity index (χ1n) is 10.9. The first-order valence-corrected chi connectivity index (χ1v) is 12.1. The molecule has 0 bridgehead atoms. The van der Waals surface area contributed by atoms with Crippen LogP contribution in [0.4, 0.5) is 5.13 Å². The van der Waals surface area contributed by atoms with Crippen LogP contribution in [0.1, 0.15) is 19.3 Å². The molecule has 2 atom stereocenters. The molecule has 166 valence electrons. The van der Waals surface area contributed by atoms with Crippen LogP contribution >= 0.6 is 22.9 Å². The number of unbranched alkanes of at least 4 members (excludes halogenated alkanes) is 1. The molecule has 2 heterocycles. The Bertz CT molecular complexity index is 932. The smallest absolute Gasteiger partial charge is 0.186 e. The van der Waals surface area contributed by atoms with Gasteiger partial charge in [0, 0.05) is 32.3 Å². The third-order valence-electron chi connectivity index (χ3n) is 5.94. The highest BCUT2D eigenvalue weighted by Crippen LogP contribution is 2.31. The third-order valence-corrected chi connectivity index (χ3v) is 7.32. The Kier molecular flexibility index (Phi) is 7.67. The van der Waals surface area contributed by atoms with E-state index in [2.05, 4.69) is 35.0 Å². The van der Waals surface area contributed by atoms with Crippen LogP contribution in [-0.4, -0.2) is 62.4 Å². The van der Waals surface area contributed by atoms with Crippen molar-refractivity contribution in [1.82, 2.24) is 9.88 Å². The van der Waals surface area contributed by atoms with Gasteiger partial charge in [0.15, 0.2) is 5.13 Å². The molecule has 1 fully saturated rings. The van der Waals surface area contributed by atoms with Gasteiger partial charge in [0.25, 0.3) is 0 Å². The molecule has 0 spiro atoms. The molecular formula is C24H30ClN3O2S. The number of likely N-dealkylation sites (tertiary alicyclic amines) is 1. The van der Waals surface area contributed by atoms with Gasteiger partial charge in [-0.15, -0.1) is 0 Å². The first kappa shape index (κ1) is 22.3. The highest BCUT2D eigenvalue weighted by molar-refractivity contribution is 7.22. The molecule has 1 aliphatic heterocycles. The lowest BCUT2D eigenvalue weighted by atomic mass is 10.0. The maximum atomic E-state index is 5.91. The Morgan fingerprint density at radius 2 is 1.97 bits per heavy atom. The van der Waals surface area contributed by atoms with Gasteiger partial charge in [-0.1, -0.05) is 35.1 Å². The number of fused-ring (bicyclic) bond motifs is 1. The average Bonchev–Trinajstić information content (AvgIpc) is 3.24. The summed E-state index contributed by atoms with van der Waals surface area (Å²) in [6.45, 7) is 3.83. The zero-order chi connectivity index (χ0) is 21.6. The number of ether oxygens (including phenoxy) is 2. The van der Waals surface area contributed by atoms with Crippen molar-refractivity contribution in [2.24, 2.45) is 0 Å². The lowest BCUT2D eigenvalue weighted by Crippen LogP contribution is -2.54. The number of hydrogen-bond donors (Lipinski definition) is 0. The first-order chi connectivity index (χ1) is 15.1. The van der Waals surface area contributed by atoms with Crippen molar-refractivity contribution < 1.29 is 9.47 Å². The summed E-state index contributed by atoms with van der Waals surface area (Å²) in [6, 6.07) is 16.2. The molecule has 0 amide bonds. The molecule has 1 saturated heterocycles. The maximum absolute atomic E-state index is 5.91. The van der Waals surface area contributed by atoms with Crippen LogP contribution in [0, 0.1) is 0 Å². The number of methoxy groups -OCH3 is 1. The number of thiazole rings is 1. The van der Waals surface area contributed by atoms with E-state index in [1.165, 1.54) is 4.70 Å². The van der Waals surface area contributed by atoms with Crippen LogP contribution in [0.3, 0.4) is 0 Å². The number of halogens is 1. The van der Waals surface area contributed by atoms with Crippen molar-refractivity contribution in [2.75, 3.05) is 45.3 Å². The molecule has 31 heavy (non-hydrogen) atoms. The quantitative estimate of drug-likeness (QED) is 0.404. The molecule has 4 rings (SSSR count). The molecule has 1 aliphatic rings. The van der Waals surface area contributed by atoms with E-state index in [1.807, 2.05) is 37.4 Å². The standard InChI is InChI=1S/C24H30ClN3O2S/c1-27(24-26-20-7-3-4-8-23(20)31-24)21-13-15-28(17-22(21)29-2)14-5-6-16-30-19-11-9-18(25)10-12-19/h3-4,7-12,21-22H,5-6,13-17H2,1-2H3. The molecule has 0 radical (unpaired) electrons. The number of piperidine rings is 1. The van der Waals surface area contributed by atoms with Gasteiger partial charge in [-0.3, -0.25) is 0 Å². The molecule has 2 unspecified atom stereocenters. The summed E-state index contributed by atoms with van der Waals surface area (Å²) in [5, 5.41) is 1.80. The van der Waals surface area contributed by atoms with Crippen LogP contribution in [0.25, 0.3) is 10.2 Å². The van der Waals surface area contributed by atoms with Gasteiger partial charge in [-0.2, -0.15) is 0 Å². The van der Waals surface area contributed by atoms with Gasteiger partial charge in [0.2, 0.25) is 0 Å². The molecule has 7 heteroatoms. The van der Waals surface area contributed by atoms with E-state index in [-0.39, 0.29) is 6.10 Å². The van der Waals surface area contributed by atoms with Crippen molar-refractivity contribution in [3.8, 4) is 5.75 Å². The molecule has 3 aromatic rings. The summed E-state index contributed by atoms with van der Waals surface area (Å²) in [4.78, 5) is 9.66. The average molecular weight is 460 g/mol. The van der Waals surface area contributed by atoms with Gasteiger partial charge < -0.3 is 19.3 Å². The van der Waals surface area contributed by atoms with E-state index in [9.17, 15) is 0 Å². The van der Waals surface area contributed by atoms with Crippen LogP contribution in [0.2, 0.25) is 5.02 Å². The lowest BCUT2D eigenvalue weighted by molar-refractivity contribution is 0.0148. The second-order valence-corrected chi connectivity index (χ2v) is 9.46. The van der Waals surface area contributed by atoms with Crippen molar-refractivity contribution in [2.45, 2.75) is 31.4 Å². The fourth-order valence-electron chi connectivity index (χ4n) is 4.16. The van der Waals surface area contributed by atoms with Gasteiger partial charge in [-0.05, 0) is 62.2 Å². The summed E-state index contributed by atoms with van der Waals surface area (Å²) >= 11 is 7.67. The summed E-state index contributed by atoms with van der Waals surface area (Å²) in [5.41, 5.74) is 1.07. The van der Waals surface area contributed by atoms with Crippen LogP contribution in [0.15, 0.2) is 48.5 Å². The predicted molar refractivity (Wildman–Crippen MR) is 130 cm³/mol. The minimum atomic E-state index is 0.177. The van der Waals surface area contributed by atoms with Crippen LogP contribution in [-0.2, 0) is 4.74 Å². The highest BCUT2D eigenvalue weighted by Gasteiger charge is 2.33. The minimum Gasteiger partial charge on any atom is -0.494 e. The second-order valence-electron chi connectivity index (χ2n) is 8.02. The Morgan fingerprint density at radius 3 is 2.74 bits per heavy atom. The number of likely N-dealkylation sites (N-methyl/N-ethyl adjacent to an activating group) is 1. The molecule has 0 aliphatic carbocycles. The summed E-state index contributed by atoms with van der Waals surface area (Å²) in [5.74, 6) is 0.877. The zero-order valence-electron chi connectivity index (χ0n) is 18.2. The monoisotopic (exact) mass is 459 g/mol. The third kappa shape index (κ3) is 5.69. The number of para-hydroxylation sites is 1. The van der Waals surface area contributed by atoms with E-state index in [0.717, 1.165) is 66.9 Å². The lowest BCUT2D eigenvalue weighted by Gasteiger charge is -2.41. The fourth-order valence-corrected chi connectivity index (χ4v) is 5.27. The Hall–Kier alpha value is -1.86. The van der Waals surface area contributed by atoms with E-state index < -0.39 is 0 Å². The molecule has 5 nitrogen and oxygen atoms in total. The van der Waals surface area contributed by atoms with Gasteiger partial charge >= 0.3 is 0 Å². The highest BCUT2D eigenvalue weighted by atomic mass is 35.5. The maximum Gasteiger partial charge on any atom is 0.186 e. The normalized spacial score (nSPS) is 19.6. The van der Waals surface area contributed by atoms with Crippen LogP contribution in [0.5, 0.6) is 5.75 Å². The Morgan fingerprint density at radius 1 is 1.16 bits per heavy atom. The van der Waals surface area contributed by atoms with E-state index >= 15 is 0 Å². The number of aromatic nitrogens is 1. The molecule has 0 N–H and O–H groups in total. The van der Waals surface area contributed by atoms with Crippen molar-refractivity contribution in [1.29, 1.82) is 0 Å². The van der Waals surface area contributed by atoms with E-state index in [0.29, 0.717) is 6.04 Å². The number of rotatable bonds is 9. The largest absolute Gasteiger partial charge is 0.494 e. The molecular weight excluding hydrogens is 430 g/mol. The minimum absolute atomic E-state index is 0.177. The number of nitrogens with zero attached hydrogens (tertiary/aromatic N) is 3. The van der Waals surface area contributed by atoms with Crippen LogP contribution < -0.4 is 9.64 Å². The van der Waals surface area contributed by atoms with E-state index in [1.54, 1.807) is 11.3 Å². The number of benzene rings is 2. The van der Waals surface area contributed by atoms with Gasteiger partial charge in [-0.25, -0.2) is 4.98 Å². The summed E-state index contributed by atoms with van der Waals surface area (Å²) in [6.07, 6.45) is 3.40. The zero-order valence-corrected chi connectivity index (χ0v) is 19.7. The van der Waals surface area contributed by atoms with E-state index in [4.69, 9.17) is 26.1 Å². The fraction of sp³-hybridized carbons (Fsp3) is 0.458. The predicted octanol–water partition coefficient (Wildman–Crippen LogP) is 5.33. The number of hydrogen-bond acceptors (Lipinski definition) is 6. The topological polar surface area (TPSA) is 37.8 Å². The molecule has 2 aromatic carbocycles. The molecule has 0 saturated carbocycles. The number of anilines is 1. The Labute approximate surface area is 193 Å². The van der Waals surface area contributed by atoms with Crippen molar-refractivity contribution in [3.05, 3.63) is 53.6 Å².